The Balaban J connectivity index is 2.20. The predicted molar refractivity (Wildman–Crippen MR) is 76.3 cm³/mol. The van der Waals surface area contributed by atoms with E-state index in [2.05, 4.69) is 42.0 Å². The Morgan fingerprint density at radius 3 is 2.83 bits per heavy atom. The smallest absolute Gasteiger partial charge is 0.262 e. The molecule has 3 nitrogen and oxygen atoms in total. The Kier molecular flexibility index (Phi) is 3.66. The molecule has 0 radical (unpaired) electrons. The fraction of sp³-hybridized carbons (Fsp3) is 0.500. The quantitative estimate of drug-likeness (QED) is 0.841. The Bertz CT molecular complexity index is 465. The molecular weight excluding hydrogens is 294 g/mol. The second kappa shape index (κ2) is 4.92. The number of nitrogens with one attached hydrogen (secondary N) is 1. The van der Waals surface area contributed by atoms with Gasteiger partial charge in [0.15, 0.2) is 6.61 Å². The molecule has 0 aliphatic carbocycles. The van der Waals surface area contributed by atoms with Crippen LogP contribution in [0.15, 0.2) is 18.2 Å². The summed E-state index contributed by atoms with van der Waals surface area (Å²) < 4.78 is 5.34. The lowest BCUT2D eigenvalue weighted by molar-refractivity contribution is -0.118. The number of carbonyl (C=O) groups excluding carboxylic acids is 1. The molecule has 1 amide bonds. The van der Waals surface area contributed by atoms with E-state index in [9.17, 15) is 4.79 Å². The molecule has 18 heavy (non-hydrogen) atoms. The van der Waals surface area contributed by atoms with Gasteiger partial charge in [0, 0.05) is 4.83 Å². The first-order valence-electron chi connectivity index (χ1n) is 6.06. The van der Waals surface area contributed by atoms with Crippen molar-refractivity contribution in [3.8, 4) is 5.75 Å². The number of alkyl halides is 1. The van der Waals surface area contributed by atoms with Crippen molar-refractivity contribution in [2.24, 2.45) is 5.41 Å². The summed E-state index contributed by atoms with van der Waals surface area (Å²) in [6, 6.07) is 5.94. The van der Waals surface area contributed by atoms with Gasteiger partial charge in [0.1, 0.15) is 5.75 Å². The van der Waals surface area contributed by atoms with Crippen molar-refractivity contribution in [3.05, 3.63) is 23.8 Å². The molecule has 1 unspecified atom stereocenters. The van der Waals surface area contributed by atoms with Crippen LogP contribution in [-0.2, 0) is 4.79 Å². The molecule has 98 valence electrons. The molecule has 1 aliphatic rings. The Morgan fingerprint density at radius 2 is 2.17 bits per heavy atom. The number of rotatable bonds is 2. The molecule has 1 heterocycles. The number of halogens is 1. The van der Waals surface area contributed by atoms with E-state index in [1.165, 1.54) is 0 Å². The molecule has 0 saturated heterocycles. The van der Waals surface area contributed by atoms with Crippen molar-refractivity contribution in [2.75, 3.05) is 11.9 Å². The van der Waals surface area contributed by atoms with Crippen molar-refractivity contribution < 1.29 is 9.53 Å². The van der Waals surface area contributed by atoms with E-state index in [0.29, 0.717) is 0 Å². The van der Waals surface area contributed by atoms with E-state index in [1.807, 2.05) is 18.2 Å². The largest absolute Gasteiger partial charge is 0.482 e. The van der Waals surface area contributed by atoms with Crippen LogP contribution >= 0.6 is 15.9 Å². The zero-order valence-corrected chi connectivity index (χ0v) is 12.5. The summed E-state index contributed by atoms with van der Waals surface area (Å²) in [5.41, 5.74) is 2.18. The molecule has 0 fully saturated rings. The van der Waals surface area contributed by atoms with Crippen molar-refractivity contribution >= 4 is 27.5 Å². The molecule has 2 rings (SSSR count). The van der Waals surface area contributed by atoms with Gasteiger partial charge >= 0.3 is 0 Å². The molecular formula is C14H18BrNO2. The minimum atomic E-state index is -0.0957. The highest BCUT2D eigenvalue weighted by atomic mass is 79.9. The van der Waals surface area contributed by atoms with Crippen LogP contribution in [0.5, 0.6) is 5.75 Å². The zero-order valence-electron chi connectivity index (χ0n) is 10.9. The van der Waals surface area contributed by atoms with Gasteiger partial charge < -0.3 is 10.1 Å². The third-order valence-corrected chi connectivity index (χ3v) is 3.64. The number of hydrogen-bond donors (Lipinski definition) is 1. The molecule has 0 saturated carbocycles. The van der Waals surface area contributed by atoms with Gasteiger partial charge in [0.05, 0.1) is 5.69 Å². The van der Waals surface area contributed by atoms with Gasteiger partial charge in [-0.3, -0.25) is 4.79 Å². The number of benzene rings is 1. The Hall–Kier alpha value is -1.03. The SMILES string of the molecule is CC(C)(C)CC(Br)c1ccc2c(c1)NC(=O)CO2. The number of carbonyl (C=O) groups is 1. The Labute approximate surface area is 116 Å². The summed E-state index contributed by atoms with van der Waals surface area (Å²) >= 11 is 3.71. The summed E-state index contributed by atoms with van der Waals surface area (Å²) in [4.78, 5) is 11.6. The highest BCUT2D eigenvalue weighted by Gasteiger charge is 2.21. The number of ether oxygens (including phenoxy) is 1. The average Bonchev–Trinajstić information content (AvgIpc) is 2.25. The molecule has 0 bridgehead atoms. The third kappa shape index (κ3) is 3.25. The van der Waals surface area contributed by atoms with Crippen molar-refractivity contribution in [2.45, 2.75) is 32.0 Å². The predicted octanol–water partition coefficient (Wildman–Crippen LogP) is 3.89. The van der Waals surface area contributed by atoms with Crippen LogP contribution in [0.2, 0.25) is 0 Å². The molecule has 1 N–H and O–H groups in total. The lowest BCUT2D eigenvalue weighted by Gasteiger charge is -2.24. The van der Waals surface area contributed by atoms with E-state index in [4.69, 9.17) is 4.74 Å². The van der Waals surface area contributed by atoms with E-state index in [1.54, 1.807) is 0 Å². The fourth-order valence-corrected chi connectivity index (χ4v) is 3.21. The van der Waals surface area contributed by atoms with Crippen LogP contribution in [0, 0.1) is 5.41 Å². The first-order valence-corrected chi connectivity index (χ1v) is 6.97. The monoisotopic (exact) mass is 311 g/mol. The number of anilines is 1. The maximum atomic E-state index is 11.3. The highest BCUT2D eigenvalue weighted by Crippen LogP contribution is 2.38. The minimum Gasteiger partial charge on any atom is -0.482 e. The molecule has 1 atom stereocenters. The summed E-state index contributed by atoms with van der Waals surface area (Å²) in [5.74, 6) is 0.649. The van der Waals surface area contributed by atoms with Gasteiger partial charge in [0.2, 0.25) is 0 Å². The van der Waals surface area contributed by atoms with Crippen LogP contribution in [0.4, 0.5) is 5.69 Å². The van der Waals surface area contributed by atoms with Crippen LogP contribution in [0.1, 0.15) is 37.6 Å². The molecule has 0 aromatic heterocycles. The van der Waals surface area contributed by atoms with Gasteiger partial charge in [-0.2, -0.15) is 0 Å². The summed E-state index contributed by atoms with van der Waals surface area (Å²) in [5, 5.41) is 2.83. The van der Waals surface area contributed by atoms with Gasteiger partial charge in [-0.15, -0.1) is 0 Å². The van der Waals surface area contributed by atoms with Crippen LogP contribution in [0.3, 0.4) is 0 Å². The van der Waals surface area contributed by atoms with Gasteiger partial charge in [-0.05, 0) is 29.5 Å². The fourth-order valence-electron chi connectivity index (χ4n) is 1.95. The van der Waals surface area contributed by atoms with E-state index in [-0.39, 0.29) is 22.8 Å². The molecule has 1 aliphatic heterocycles. The third-order valence-electron chi connectivity index (χ3n) is 2.79. The van der Waals surface area contributed by atoms with Crippen molar-refractivity contribution in [3.63, 3.8) is 0 Å². The second-order valence-corrected chi connectivity index (χ2v) is 6.93. The van der Waals surface area contributed by atoms with Crippen LogP contribution in [0.25, 0.3) is 0 Å². The molecule has 4 heteroatoms. The zero-order chi connectivity index (χ0) is 13.3. The topological polar surface area (TPSA) is 38.3 Å². The first-order chi connectivity index (χ1) is 8.35. The molecule has 0 spiro atoms. The van der Waals surface area contributed by atoms with Crippen molar-refractivity contribution in [1.82, 2.24) is 0 Å². The number of fused-ring (bicyclic) bond motifs is 1. The maximum absolute atomic E-state index is 11.3. The average molecular weight is 312 g/mol. The van der Waals surface area contributed by atoms with Gasteiger partial charge in [-0.25, -0.2) is 0 Å². The minimum absolute atomic E-state index is 0.0957. The lowest BCUT2D eigenvalue weighted by atomic mass is 9.88. The summed E-state index contributed by atoms with van der Waals surface area (Å²) in [6.07, 6.45) is 1.03. The lowest BCUT2D eigenvalue weighted by Crippen LogP contribution is -2.25. The highest BCUT2D eigenvalue weighted by molar-refractivity contribution is 9.09. The Morgan fingerprint density at radius 1 is 1.44 bits per heavy atom. The van der Waals surface area contributed by atoms with Crippen LogP contribution < -0.4 is 10.1 Å². The maximum Gasteiger partial charge on any atom is 0.262 e. The number of amides is 1. The number of hydrogen-bond acceptors (Lipinski definition) is 2. The summed E-state index contributed by atoms with van der Waals surface area (Å²) in [6.45, 7) is 6.74. The van der Waals surface area contributed by atoms with Crippen LogP contribution in [-0.4, -0.2) is 12.5 Å². The van der Waals surface area contributed by atoms with Crippen molar-refractivity contribution in [1.29, 1.82) is 0 Å². The second-order valence-electron chi connectivity index (χ2n) is 5.82. The normalized spacial score (nSPS) is 16.6. The first kappa shape index (κ1) is 13.4. The standard InChI is InChI=1S/C14H18BrNO2/c1-14(2,3)7-10(15)9-4-5-12-11(6-9)16-13(17)8-18-12/h4-6,10H,7-8H2,1-3H3,(H,16,17). The van der Waals surface area contributed by atoms with E-state index < -0.39 is 0 Å². The van der Waals surface area contributed by atoms with Gasteiger partial charge in [0.25, 0.3) is 5.91 Å². The van der Waals surface area contributed by atoms with E-state index >= 15 is 0 Å². The molecule has 1 aromatic carbocycles. The summed E-state index contributed by atoms with van der Waals surface area (Å²) in [7, 11) is 0. The van der Waals surface area contributed by atoms with E-state index in [0.717, 1.165) is 23.4 Å². The molecule has 1 aromatic rings. The van der Waals surface area contributed by atoms with Gasteiger partial charge in [-0.1, -0.05) is 42.8 Å².